The van der Waals surface area contributed by atoms with Crippen molar-refractivity contribution in [1.82, 2.24) is 24.5 Å². The van der Waals surface area contributed by atoms with Crippen molar-refractivity contribution < 1.29 is 4.39 Å². The molecule has 0 radical (unpaired) electrons. The lowest BCUT2D eigenvalue weighted by Crippen LogP contribution is -2.16. The number of nitrogen functional groups attached to an aromatic ring is 1. The lowest BCUT2D eigenvalue weighted by molar-refractivity contribution is 0.293. The number of nitrogens with two attached hydrogens (primary N) is 1. The van der Waals surface area contributed by atoms with Crippen molar-refractivity contribution in [2.75, 3.05) is 5.73 Å². The van der Waals surface area contributed by atoms with E-state index in [1.165, 1.54) is 25.1 Å². The summed E-state index contributed by atoms with van der Waals surface area (Å²) in [6, 6.07) is 3.28. The van der Waals surface area contributed by atoms with E-state index < -0.39 is 5.95 Å². The Kier molecular flexibility index (Phi) is 3.63. The van der Waals surface area contributed by atoms with Crippen LogP contribution in [0.2, 0.25) is 0 Å². The molecule has 3 aromatic rings. The predicted octanol–water partition coefficient (Wildman–Crippen LogP) is 3.36. The monoisotopic (exact) mass is 326 g/mol. The zero-order chi connectivity index (χ0) is 16.7. The SMILES string of the molecule is CC1CCC(n2cnc3c(N)nc(-c4ccc(F)nc4)nc32)CC1. The number of aromatic nitrogens is 5. The van der Waals surface area contributed by atoms with Crippen molar-refractivity contribution in [3.05, 3.63) is 30.6 Å². The largest absolute Gasteiger partial charge is 0.382 e. The van der Waals surface area contributed by atoms with Crippen LogP contribution in [-0.4, -0.2) is 24.5 Å². The molecule has 7 heteroatoms. The molecule has 6 nitrogen and oxygen atoms in total. The Hall–Kier alpha value is -2.57. The summed E-state index contributed by atoms with van der Waals surface area (Å²) >= 11 is 0. The van der Waals surface area contributed by atoms with Crippen molar-refractivity contribution in [1.29, 1.82) is 0 Å². The quantitative estimate of drug-likeness (QED) is 0.730. The van der Waals surface area contributed by atoms with Crippen molar-refractivity contribution >= 4 is 17.0 Å². The molecule has 0 saturated heterocycles. The molecule has 2 N–H and O–H groups in total. The Balaban J connectivity index is 1.78. The smallest absolute Gasteiger partial charge is 0.212 e. The summed E-state index contributed by atoms with van der Waals surface area (Å²) in [5, 5.41) is 0. The van der Waals surface area contributed by atoms with E-state index in [-0.39, 0.29) is 0 Å². The standard InChI is InChI=1S/C17H19FN6/c1-10-2-5-12(6-3-10)24-9-21-14-15(19)22-16(23-17(14)24)11-4-7-13(18)20-8-11/h4,7-10,12H,2-3,5-6H2,1H3,(H2,19,22,23). The summed E-state index contributed by atoms with van der Waals surface area (Å²) < 4.78 is 15.1. The van der Waals surface area contributed by atoms with Gasteiger partial charge in [-0.3, -0.25) is 0 Å². The van der Waals surface area contributed by atoms with Crippen LogP contribution >= 0.6 is 0 Å². The topological polar surface area (TPSA) is 82.5 Å². The van der Waals surface area contributed by atoms with Gasteiger partial charge in [-0.25, -0.2) is 19.9 Å². The van der Waals surface area contributed by atoms with E-state index in [0.29, 0.717) is 28.8 Å². The molecule has 0 aliphatic heterocycles. The zero-order valence-electron chi connectivity index (χ0n) is 13.5. The summed E-state index contributed by atoms with van der Waals surface area (Å²) in [6.45, 7) is 2.29. The number of halogens is 1. The van der Waals surface area contributed by atoms with E-state index >= 15 is 0 Å². The van der Waals surface area contributed by atoms with Gasteiger partial charge in [-0.05, 0) is 43.7 Å². The number of fused-ring (bicyclic) bond motifs is 1. The van der Waals surface area contributed by atoms with Crippen LogP contribution in [0.15, 0.2) is 24.7 Å². The molecule has 0 bridgehead atoms. The van der Waals surface area contributed by atoms with Gasteiger partial charge in [0.1, 0.15) is 5.52 Å². The molecule has 0 aromatic carbocycles. The molecule has 4 rings (SSSR count). The molecule has 1 aliphatic carbocycles. The fraction of sp³-hybridized carbons (Fsp3) is 0.412. The van der Waals surface area contributed by atoms with Crippen LogP contribution in [0, 0.1) is 11.9 Å². The predicted molar refractivity (Wildman–Crippen MR) is 89.6 cm³/mol. The highest BCUT2D eigenvalue weighted by molar-refractivity contribution is 5.83. The first-order valence-electron chi connectivity index (χ1n) is 8.24. The molecule has 24 heavy (non-hydrogen) atoms. The van der Waals surface area contributed by atoms with Crippen LogP contribution in [-0.2, 0) is 0 Å². The number of nitrogens with zero attached hydrogens (tertiary/aromatic N) is 5. The van der Waals surface area contributed by atoms with Gasteiger partial charge in [0.15, 0.2) is 17.3 Å². The molecule has 1 fully saturated rings. The van der Waals surface area contributed by atoms with E-state index in [1.54, 1.807) is 6.07 Å². The minimum atomic E-state index is -0.533. The highest BCUT2D eigenvalue weighted by Crippen LogP contribution is 2.34. The minimum absolute atomic E-state index is 0.335. The lowest BCUT2D eigenvalue weighted by atomic mass is 9.87. The minimum Gasteiger partial charge on any atom is -0.382 e. The number of pyridine rings is 1. The van der Waals surface area contributed by atoms with E-state index in [0.717, 1.165) is 24.4 Å². The Morgan fingerprint density at radius 3 is 2.62 bits per heavy atom. The number of rotatable bonds is 2. The highest BCUT2D eigenvalue weighted by Gasteiger charge is 2.23. The summed E-state index contributed by atoms with van der Waals surface area (Å²) in [6.07, 6.45) is 7.87. The Morgan fingerprint density at radius 1 is 1.12 bits per heavy atom. The van der Waals surface area contributed by atoms with Crippen molar-refractivity contribution in [3.63, 3.8) is 0 Å². The van der Waals surface area contributed by atoms with E-state index in [2.05, 4.69) is 31.4 Å². The maximum absolute atomic E-state index is 13.0. The van der Waals surface area contributed by atoms with Gasteiger partial charge in [-0.1, -0.05) is 6.92 Å². The molecule has 124 valence electrons. The third-order valence-corrected chi connectivity index (χ3v) is 4.81. The van der Waals surface area contributed by atoms with Crippen LogP contribution < -0.4 is 5.73 Å². The van der Waals surface area contributed by atoms with Gasteiger partial charge in [-0.15, -0.1) is 0 Å². The van der Waals surface area contributed by atoms with Crippen LogP contribution in [0.25, 0.3) is 22.6 Å². The van der Waals surface area contributed by atoms with Crippen molar-refractivity contribution in [2.45, 2.75) is 38.6 Å². The second kappa shape index (κ2) is 5.81. The van der Waals surface area contributed by atoms with Crippen molar-refractivity contribution in [3.8, 4) is 11.4 Å². The van der Waals surface area contributed by atoms with Crippen LogP contribution in [0.1, 0.15) is 38.6 Å². The van der Waals surface area contributed by atoms with Crippen molar-refractivity contribution in [2.24, 2.45) is 5.92 Å². The summed E-state index contributed by atoms with van der Waals surface area (Å²) in [7, 11) is 0. The first-order chi connectivity index (χ1) is 11.6. The molecule has 3 aromatic heterocycles. The second-order valence-electron chi connectivity index (χ2n) is 6.54. The first-order valence-corrected chi connectivity index (χ1v) is 8.24. The highest BCUT2D eigenvalue weighted by atomic mass is 19.1. The van der Waals surface area contributed by atoms with Gasteiger partial charge in [-0.2, -0.15) is 4.39 Å². The summed E-state index contributed by atoms with van der Waals surface area (Å²) in [4.78, 5) is 17.0. The number of hydrogen-bond acceptors (Lipinski definition) is 5. The zero-order valence-corrected chi connectivity index (χ0v) is 13.5. The third kappa shape index (κ3) is 2.60. The van der Waals surface area contributed by atoms with Gasteiger partial charge in [0, 0.05) is 17.8 Å². The first kappa shape index (κ1) is 15.0. The van der Waals surface area contributed by atoms with E-state index in [9.17, 15) is 4.39 Å². The number of imidazole rings is 1. The summed E-state index contributed by atoms with van der Waals surface area (Å²) in [5.41, 5.74) is 8.06. The van der Waals surface area contributed by atoms with Gasteiger partial charge < -0.3 is 10.3 Å². The lowest BCUT2D eigenvalue weighted by Gasteiger charge is -2.27. The number of hydrogen-bond donors (Lipinski definition) is 1. The molecule has 0 atom stereocenters. The van der Waals surface area contributed by atoms with Crippen LogP contribution in [0.5, 0.6) is 0 Å². The second-order valence-corrected chi connectivity index (χ2v) is 6.54. The number of anilines is 1. The Morgan fingerprint density at radius 2 is 1.92 bits per heavy atom. The molecule has 0 amide bonds. The maximum Gasteiger partial charge on any atom is 0.212 e. The molecule has 0 unspecified atom stereocenters. The Labute approximate surface area is 139 Å². The average Bonchev–Trinajstić information content (AvgIpc) is 3.01. The fourth-order valence-corrected chi connectivity index (χ4v) is 3.36. The summed E-state index contributed by atoms with van der Waals surface area (Å²) in [5.74, 6) is 1.02. The normalized spacial score (nSPS) is 21.2. The van der Waals surface area contributed by atoms with Crippen LogP contribution in [0.3, 0.4) is 0 Å². The molecular weight excluding hydrogens is 307 g/mol. The van der Waals surface area contributed by atoms with Gasteiger partial charge in [0.25, 0.3) is 0 Å². The van der Waals surface area contributed by atoms with Crippen LogP contribution in [0.4, 0.5) is 10.2 Å². The fourth-order valence-electron chi connectivity index (χ4n) is 3.36. The maximum atomic E-state index is 13.0. The molecule has 3 heterocycles. The average molecular weight is 326 g/mol. The van der Waals surface area contributed by atoms with E-state index in [1.807, 2.05) is 6.33 Å². The van der Waals surface area contributed by atoms with E-state index in [4.69, 9.17) is 5.73 Å². The molecular formula is C17H19FN6. The Bertz CT molecular complexity index is 865. The third-order valence-electron chi connectivity index (χ3n) is 4.81. The van der Waals surface area contributed by atoms with Gasteiger partial charge in [0.05, 0.1) is 6.33 Å². The molecule has 0 spiro atoms. The van der Waals surface area contributed by atoms with Gasteiger partial charge >= 0.3 is 0 Å². The molecule has 1 saturated carbocycles. The molecule has 1 aliphatic rings. The van der Waals surface area contributed by atoms with Gasteiger partial charge in [0.2, 0.25) is 5.95 Å².